The molecule has 0 aliphatic rings. The predicted molar refractivity (Wildman–Crippen MR) is 178 cm³/mol. The number of benzene rings is 4. The van der Waals surface area contributed by atoms with Gasteiger partial charge < -0.3 is 20.9 Å². The second-order valence-corrected chi connectivity index (χ2v) is 11.8. The van der Waals surface area contributed by atoms with Gasteiger partial charge in [0.15, 0.2) is 0 Å². The monoisotopic (exact) mass is 592 g/mol. The van der Waals surface area contributed by atoms with Crippen LogP contribution in [-0.2, 0) is 9.59 Å². The van der Waals surface area contributed by atoms with Crippen molar-refractivity contribution >= 4 is 52.6 Å². The molecule has 1 unspecified atom stereocenters. The molecule has 4 rings (SSSR count). The van der Waals surface area contributed by atoms with E-state index in [0.29, 0.717) is 11.3 Å². The average Bonchev–Trinajstić information content (AvgIpc) is 3.00. The van der Waals surface area contributed by atoms with Gasteiger partial charge in [-0.25, -0.2) is 0 Å². The zero-order chi connectivity index (χ0) is 30.9. The van der Waals surface area contributed by atoms with E-state index in [-0.39, 0.29) is 22.8 Å². The Morgan fingerprint density at radius 3 is 2.12 bits per heavy atom. The van der Waals surface area contributed by atoms with Gasteiger partial charge in [0, 0.05) is 41.6 Å². The Bertz CT molecular complexity index is 1620. The maximum Gasteiger partial charge on any atom is 0.272 e. The van der Waals surface area contributed by atoms with E-state index in [9.17, 15) is 14.4 Å². The van der Waals surface area contributed by atoms with Gasteiger partial charge >= 0.3 is 0 Å². The summed E-state index contributed by atoms with van der Waals surface area (Å²) in [7, 11) is 3.91. The molecule has 220 valence electrons. The molecule has 0 bridgehead atoms. The molecule has 0 aromatic heterocycles. The number of thioether (sulfide) groups is 1. The Kier molecular flexibility index (Phi) is 10.4. The topological polar surface area (TPSA) is 90.5 Å². The Morgan fingerprint density at radius 2 is 1.47 bits per heavy atom. The quantitative estimate of drug-likeness (QED) is 0.138. The van der Waals surface area contributed by atoms with Crippen LogP contribution in [0.2, 0.25) is 0 Å². The maximum absolute atomic E-state index is 13.4. The number of nitrogens with zero attached hydrogens (tertiary/aromatic N) is 1. The van der Waals surface area contributed by atoms with Crippen molar-refractivity contribution in [3.05, 3.63) is 125 Å². The molecule has 0 heterocycles. The van der Waals surface area contributed by atoms with Crippen LogP contribution in [0.15, 0.2) is 108 Å². The fraction of sp³-hybridized carbons (Fsp3) is 0.171. The molecule has 0 spiro atoms. The number of rotatable bonds is 10. The van der Waals surface area contributed by atoms with Crippen LogP contribution in [0.3, 0.4) is 0 Å². The van der Waals surface area contributed by atoms with E-state index in [4.69, 9.17) is 0 Å². The summed E-state index contributed by atoms with van der Waals surface area (Å²) in [6, 6.07) is 29.5. The molecule has 8 heteroatoms. The lowest BCUT2D eigenvalue weighted by atomic mass is 10.1. The molecule has 0 aliphatic heterocycles. The van der Waals surface area contributed by atoms with Crippen molar-refractivity contribution in [1.29, 1.82) is 0 Å². The molecule has 4 aromatic carbocycles. The lowest BCUT2D eigenvalue weighted by molar-refractivity contribution is -0.115. The summed E-state index contributed by atoms with van der Waals surface area (Å²) in [5.74, 6) is -0.923. The highest BCUT2D eigenvalue weighted by Gasteiger charge is 2.17. The first-order chi connectivity index (χ1) is 20.6. The van der Waals surface area contributed by atoms with E-state index in [1.165, 1.54) is 11.8 Å². The molecule has 3 amide bonds. The number of nitrogens with one attached hydrogen (secondary N) is 3. The molecule has 0 aliphatic carbocycles. The Balaban J connectivity index is 1.45. The van der Waals surface area contributed by atoms with E-state index in [1.54, 1.807) is 42.5 Å². The lowest BCUT2D eigenvalue weighted by Crippen LogP contribution is -2.30. The van der Waals surface area contributed by atoms with Crippen LogP contribution in [0.4, 0.5) is 17.1 Å². The van der Waals surface area contributed by atoms with Crippen LogP contribution in [-0.4, -0.2) is 37.1 Å². The third kappa shape index (κ3) is 8.59. The molecule has 0 saturated heterocycles. The summed E-state index contributed by atoms with van der Waals surface area (Å²) in [4.78, 5) is 42.0. The van der Waals surface area contributed by atoms with Crippen molar-refractivity contribution in [3.8, 4) is 0 Å². The van der Waals surface area contributed by atoms with Crippen LogP contribution in [0.1, 0.15) is 34.0 Å². The number of anilines is 3. The van der Waals surface area contributed by atoms with Gasteiger partial charge in [-0.3, -0.25) is 14.4 Å². The predicted octanol–water partition coefficient (Wildman–Crippen LogP) is 6.90. The Labute approximate surface area is 257 Å². The molecule has 0 radical (unpaired) electrons. The minimum atomic E-state index is -0.456. The number of amides is 3. The van der Waals surface area contributed by atoms with E-state index >= 15 is 0 Å². The number of carbonyl (C=O) groups is 3. The first-order valence-corrected chi connectivity index (χ1v) is 14.8. The fourth-order valence-corrected chi connectivity index (χ4v) is 5.04. The van der Waals surface area contributed by atoms with Crippen LogP contribution in [0.25, 0.3) is 6.08 Å². The highest BCUT2D eigenvalue weighted by atomic mass is 32.2. The molecular weight excluding hydrogens is 556 g/mol. The van der Waals surface area contributed by atoms with Crippen LogP contribution in [0.5, 0.6) is 0 Å². The van der Waals surface area contributed by atoms with Gasteiger partial charge in [-0.05, 0) is 98.1 Å². The highest BCUT2D eigenvalue weighted by Crippen LogP contribution is 2.27. The number of carbonyl (C=O) groups excluding carboxylic acids is 3. The molecule has 0 fully saturated rings. The van der Waals surface area contributed by atoms with Crippen molar-refractivity contribution in [2.24, 2.45) is 0 Å². The summed E-state index contributed by atoms with van der Waals surface area (Å²) in [6.07, 6.45) is 1.65. The number of hydrogen-bond donors (Lipinski definition) is 3. The zero-order valence-corrected chi connectivity index (χ0v) is 25.8. The molecule has 7 nitrogen and oxygen atoms in total. The van der Waals surface area contributed by atoms with Gasteiger partial charge in [0.2, 0.25) is 5.91 Å². The molecule has 1 atom stereocenters. The van der Waals surface area contributed by atoms with E-state index in [2.05, 4.69) is 16.0 Å². The largest absolute Gasteiger partial charge is 0.378 e. The fourth-order valence-electron chi connectivity index (χ4n) is 4.17. The average molecular weight is 593 g/mol. The van der Waals surface area contributed by atoms with Crippen molar-refractivity contribution < 1.29 is 14.4 Å². The smallest absolute Gasteiger partial charge is 0.272 e. The summed E-state index contributed by atoms with van der Waals surface area (Å²) in [5, 5.41) is 8.33. The standard InChI is InChI=1S/C35H36N4O3S/c1-23-10-9-13-31(24(23)2)37-33(40)25(3)43-30-20-16-28(17-21-30)36-35(42)32(38-34(41)27-11-7-6-8-12-27)22-26-14-18-29(19-15-26)39(4)5/h6-22,25H,1-5H3,(H,36,42)(H,37,40)(H,38,41)/b32-22-. The Hall–Kier alpha value is -4.82. The van der Waals surface area contributed by atoms with Gasteiger partial charge in [-0.15, -0.1) is 11.8 Å². The van der Waals surface area contributed by atoms with Crippen molar-refractivity contribution in [3.63, 3.8) is 0 Å². The summed E-state index contributed by atoms with van der Waals surface area (Å²) >= 11 is 1.43. The highest BCUT2D eigenvalue weighted by molar-refractivity contribution is 8.00. The van der Waals surface area contributed by atoms with E-state index < -0.39 is 5.91 Å². The summed E-state index contributed by atoms with van der Waals surface area (Å²) in [6.45, 7) is 5.87. The van der Waals surface area contributed by atoms with Gasteiger partial charge in [-0.1, -0.05) is 42.5 Å². The molecule has 4 aromatic rings. The van der Waals surface area contributed by atoms with Crippen LogP contribution < -0.4 is 20.9 Å². The number of hydrogen-bond acceptors (Lipinski definition) is 5. The molecule has 43 heavy (non-hydrogen) atoms. The number of aryl methyl sites for hydroxylation is 1. The normalized spacial score (nSPS) is 11.8. The first kappa shape index (κ1) is 31.1. The second kappa shape index (κ2) is 14.4. The van der Waals surface area contributed by atoms with E-state index in [1.807, 2.05) is 100 Å². The zero-order valence-electron chi connectivity index (χ0n) is 25.0. The molecular formula is C35H36N4O3S. The van der Waals surface area contributed by atoms with Crippen molar-refractivity contribution in [1.82, 2.24) is 5.32 Å². The lowest BCUT2D eigenvalue weighted by Gasteiger charge is -2.15. The molecule has 3 N–H and O–H groups in total. The third-order valence-electron chi connectivity index (χ3n) is 6.91. The first-order valence-electron chi connectivity index (χ1n) is 13.9. The summed E-state index contributed by atoms with van der Waals surface area (Å²) < 4.78 is 0. The van der Waals surface area contributed by atoms with Gasteiger partial charge in [0.1, 0.15) is 5.70 Å². The Morgan fingerprint density at radius 1 is 0.791 bits per heavy atom. The minimum Gasteiger partial charge on any atom is -0.378 e. The van der Waals surface area contributed by atoms with Crippen LogP contribution >= 0.6 is 11.8 Å². The van der Waals surface area contributed by atoms with Gasteiger partial charge in [0.25, 0.3) is 11.8 Å². The van der Waals surface area contributed by atoms with Gasteiger partial charge in [-0.2, -0.15) is 0 Å². The SMILES string of the molecule is Cc1cccc(NC(=O)C(C)Sc2ccc(NC(=O)/C(=C/c3ccc(N(C)C)cc3)NC(=O)c3ccccc3)cc2)c1C. The third-order valence-corrected chi connectivity index (χ3v) is 8.02. The second-order valence-electron chi connectivity index (χ2n) is 10.3. The maximum atomic E-state index is 13.4. The minimum absolute atomic E-state index is 0.0846. The van der Waals surface area contributed by atoms with E-state index in [0.717, 1.165) is 33.0 Å². The molecule has 0 saturated carbocycles. The van der Waals surface area contributed by atoms with Crippen molar-refractivity contribution in [2.75, 3.05) is 29.6 Å². The summed E-state index contributed by atoms with van der Waals surface area (Å²) in [5.41, 5.74) is 5.89. The van der Waals surface area contributed by atoms with Crippen molar-refractivity contribution in [2.45, 2.75) is 30.9 Å². The van der Waals surface area contributed by atoms with Crippen LogP contribution in [0, 0.1) is 13.8 Å². The van der Waals surface area contributed by atoms with Gasteiger partial charge in [0.05, 0.1) is 5.25 Å².